The van der Waals surface area contributed by atoms with Gasteiger partial charge in [-0.25, -0.2) is 0 Å². The van der Waals surface area contributed by atoms with Crippen LogP contribution in [0.1, 0.15) is 33.6 Å². The SMILES string of the molecule is O=C(NCCCS(=O)[O-])c1cc(C(=O)NCCCS(=O)(=O)O)cc(S(=O)(=O)O)c1. The van der Waals surface area contributed by atoms with Crippen LogP contribution in [0.25, 0.3) is 0 Å². The predicted molar refractivity (Wildman–Crippen MR) is 100 cm³/mol. The van der Waals surface area contributed by atoms with E-state index < -0.39 is 53.8 Å². The summed E-state index contributed by atoms with van der Waals surface area (Å²) < 4.78 is 82.9. The minimum atomic E-state index is -4.75. The van der Waals surface area contributed by atoms with E-state index in [9.17, 15) is 39.7 Å². The van der Waals surface area contributed by atoms with E-state index >= 15 is 0 Å². The van der Waals surface area contributed by atoms with Crippen LogP contribution in [0.15, 0.2) is 23.1 Å². The number of carbonyl (C=O) groups excluding carboxylic acids is 2. The number of nitrogens with one attached hydrogen (secondary N) is 2. The van der Waals surface area contributed by atoms with Crippen molar-refractivity contribution in [3.8, 4) is 0 Å². The van der Waals surface area contributed by atoms with Gasteiger partial charge < -0.3 is 15.2 Å². The number of rotatable bonds is 11. The van der Waals surface area contributed by atoms with Gasteiger partial charge in [0.25, 0.3) is 32.1 Å². The zero-order valence-corrected chi connectivity index (χ0v) is 17.3. The monoisotopic (exact) mass is 471 g/mol. The maximum absolute atomic E-state index is 12.2. The van der Waals surface area contributed by atoms with Crippen LogP contribution in [0.5, 0.6) is 0 Å². The molecule has 1 aromatic carbocycles. The largest absolute Gasteiger partial charge is 0.772 e. The molecule has 0 aliphatic rings. The molecule has 0 fully saturated rings. The molecule has 12 nitrogen and oxygen atoms in total. The Hall–Kier alpha value is -1.91. The number of hydrogen-bond acceptors (Lipinski definition) is 8. The van der Waals surface area contributed by atoms with Gasteiger partial charge in [0, 0.05) is 30.0 Å². The van der Waals surface area contributed by atoms with Crippen LogP contribution in [-0.2, 0) is 31.3 Å². The van der Waals surface area contributed by atoms with Gasteiger partial charge in [-0.1, -0.05) is 11.1 Å². The third-order valence-corrected chi connectivity index (χ3v) is 5.62. The van der Waals surface area contributed by atoms with Gasteiger partial charge >= 0.3 is 0 Å². The summed E-state index contributed by atoms with van der Waals surface area (Å²) >= 11 is -2.28. The van der Waals surface area contributed by atoms with Crippen molar-refractivity contribution in [1.29, 1.82) is 0 Å². The van der Waals surface area contributed by atoms with Crippen molar-refractivity contribution in [1.82, 2.24) is 10.6 Å². The Balaban J connectivity index is 2.94. The van der Waals surface area contributed by atoms with E-state index in [2.05, 4.69) is 10.6 Å². The van der Waals surface area contributed by atoms with Crippen LogP contribution in [-0.4, -0.2) is 71.1 Å². The molecule has 0 aliphatic carbocycles. The second-order valence-electron chi connectivity index (χ2n) is 5.73. The first-order valence-corrected chi connectivity index (χ1v) is 12.3. The van der Waals surface area contributed by atoms with Gasteiger partial charge in [-0.3, -0.25) is 22.9 Å². The number of benzene rings is 1. The molecule has 2 amide bonds. The molecule has 0 aromatic heterocycles. The molecule has 15 heteroatoms. The van der Waals surface area contributed by atoms with E-state index in [-0.39, 0.29) is 42.8 Å². The Morgan fingerprint density at radius 2 is 1.41 bits per heavy atom. The molecule has 1 aromatic rings. The first-order chi connectivity index (χ1) is 13.3. The molecular weight excluding hydrogens is 452 g/mol. The third kappa shape index (κ3) is 9.91. The highest BCUT2D eigenvalue weighted by Crippen LogP contribution is 2.16. The molecule has 0 saturated carbocycles. The summed E-state index contributed by atoms with van der Waals surface area (Å²) in [4.78, 5) is 23.6. The van der Waals surface area contributed by atoms with E-state index in [1.807, 2.05) is 0 Å². The molecule has 0 spiro atoms. The smallest absolute Gasteiger partial charge is 0.294 e. The van der Waals surface area contributed by atoms with Crippen LogP contribution < -0.4 is 10.6 Å². The van der Waals surface area contributed by atoms with Crippen molar-refractivity contribution in [3.05, 3.63) is 29.3 Å². The average molecular weight is 472 g/mol. The lowest BCUT2D eigenvalue weighted by Gasteiger charge is -2.10. The summed E-state index contributed by atoms with van der Waals surface area (Å²) in [6.07, 6.45) is -0.00204. The van der Waals surface area contributed by atoms with Crippen LogP contribution in [0.3, 0.4) is 0 Å². The minimum absolute atomic E-state index is 0.0277. The highest BCUT2D eigenvalue weighted by atomic mass is 32.2. The minimum Gasteiger partial charge on any atom is -0.772 e. The molecule has 0 heterocycles. The fraction of sp³-hybridized carbons (Fsp3) is 0.429. The van der Waals surface area contributed by atoms with Gasteiger partial charge in [0.15, 0.2) is 0 Å². The van der Waals surface area contributed by atoms with Gasteiger partial charge in [0.05, 0.1) is 10.6 Å². The Kier molecular flexibility index (Phi) is 9.31. The van der Waals surface area contributed by atoms with Crippen LogP contribution in [0.4, 0.5) is 0 Å². The Labute approximate surface area is 169 Å². The lowest BCUT2D eigenvalue weighted by molar-refractivity contribution is 0.0953. The number of hydrogen-bond donors (Lipinski definition) is 4. The molecule has 1 rings (SSSR count). The zero-order valence-electron chi connectivity index (χ0n) is 14.9. The molecule has 0 saturated heterocycles. The molecule has 0 radical (unpaired) electrons. The zero-order chi connectivity index (χ0) is 22.2. The van der Waals surface area contributed by atoms with Crippen molar-refractivity contribution in [2.24, 2.45) is 0 Å². The summed E-state index contributed by atoms with van der Waals surface area (Å²) in [5.41, 5.74) is -0.566. The Morgan fingerprint density at radius 3 is 1.83 bits per heavy atom. The van der Waals surface area contributed by atoms with E-state index in [4.69, 9.17) is 4.55 Å². The lowest BCUT2D eigenvalue weighted by atomic mass is 10.1. The molecule has 0 aliphatic heterocycles. The molecule has 29 heavy (non-hydrogen) atoms. The highest BCUT2D eigenvalue weighted by molar-refractivity contribution is 7.86. The molecular formula is C14H19N2O10S3-. The van der Waals surface area contributed by atoms with Gasteiger partial charge in [0.1, 0.15) is 0 Å². The number of amides is 2. The topological polar surface area (TPSA) is 207 Å². The normalized spacial score (nSPS) is 12.9. The summed E-state index contributed by atoms with van der Waals surface area (Å²) in [7, 11) is -8.95. The van der Waals surface area contributed by atoms with E-state index in [0.717, 1.165) is 18.2 Å². The van der Waals surface area contributed by atoms with E-state index in [1.165, 1.54) is 0 Å². The Bertz CT molecular complexity index is 989. The van der Waals surface area contributed by atoms with Gasteiger partial charge in [-0.15, -0.1) is 0 Å². The van der Waals surface area contributed by atoms with Crippen LogP contribution >= 0.6 is 0 Å². The average Bonchev–Trinajstić information content (AvgIpc) is 2.59. The van der Waals surface area contributed by atoms with Gasteiger partial charge in [0.2, 0.25) is 0 Å². The molecule has 1 atom stereocenters. The van der Waals surface area contributed by atoms with Crippen LogP contribution in [0.2, 0.25) is 0 Å². The quantitative estimate of drug-likeness (QED) is 0.175. The van der Waals surface area contributed by atoms with E-state index in [1.54, 1.807) is 0 Å². The molecule has 4 N–H and O–H groups in total. The predicted octanol–water partition coefficient (Wildman–Crippen LogP) is -1.06. The highest BCUT2D eigenvalue weighted by Gasteiger charge is 2.18. The summed E-state index contributed by atoms with van der Waals surface area (Å²) in [6.45, 7) is -0.192. The maximum Gasteiger partial charge on any atom is 0.294 e. The fourth-order valence-corrected chi connectivity index (χ4v) is 3.50. The second-order valence-corrected chi connectivity index (χ2v) is 9.74. The van der Waals surface area contributed by atoms with Crippen LogP contribution in [0, 0.1) is 0 Å². The second kappa shape index (κ2) is 10.7. The molecule has 0 bridgehead atoms. The van der Waals surface area contributed by atoms with E-state index in [0.29, 0.717) is 0 Å². The van der Waals surface area contributed by atoms with Gasteiger partial charge in [-0.05, 0) is 31.0 Å². The fourth-order valence-electron chi connectivity index (χ4n) is 2.06. The summed E-state index contributed by atoms with van der Waals surface area (Å²) in [5.74, 6) is -2.43. The van der Waals surface area contributed by atoms with Crippen molar-refractivity contribution >= 4 is 43.1 Å². The summed E-state index contributed by atoms with van der Waals surface area (Å²) in [5, 5.41) is 4.64. The van der Waals surface area contributed by atoms with Crippen molar-refractivity contribution in [2.75, 3.05) is 24.6 Å². The Morgan fingerprint density at radius 1 is 0.931 bits per heavy atom. The first-order valence-electron chi connectivity index (χ1n) is 7.99. The lowest BCUT2D eigenvalue weighted by Crippen LogP contribution is -2.28. The maximum atomic E-state index is 12.2. The first kappa shape index (κ1) is 25.1. The van der Waals surface area contributed by atoms with Crippen molar-refractivity contribution in [3.63, 3.8) is 0 Å². The molecule has 1 unspecified atom stereocenters. The van der Waals surface area contributed by atoms with Crippen molar-refractivity contribution in [2.45, 2.75) is 17.7 Å². The number of carbonyl (C=O) groups is 2. The summed E-state index contributed by atoms with van der Waals surface area (Å²) in [6, 6.07) is 2.71. The standard InChI is InChI=1S/C14H20N2O10S3/c17-13(15-3-1-5-27(19)20)10-7-11(9-12(8-10)29(24,25)26)14(18)16-4-2-6-28(21,22)23/h7-9H,1-6H2,(H,15,17)(H,16,18)(H,19,20)(H,21,22,23)(H,24,25,26)/p-1. The molecule has 164 valence electrons. The van der Waals surface area contributed by atoms with Gasteiger partial charge in [-0.2, -0.15) is 16.8 Å². The third-order valence-electron chi connectivity index (χ3n) is 3.37. The van der Waals surface area contributed by atoms with Crippen molar-refractivity contribution < 1.29 is 44.3 Å².